The van der Waals surface area contributed by atoms with E-state index in [2.05, 4.69) is 10.3 Å². The normalized spacial score (nSPS) is 10.2. The molecule has 0 saturated carbocycles. The number of rotatable bonds is 4. The topological polar surface area (TPSA) is 60.2 Å². The Morgan fingerprint density at radius 1 is 1.25 bits per heavy atom. The summed E-state index contributed by atoms with van der Waals surface area (Å²) in [4.78, 5) is 4.79. The highest BCUT2D eigenvalue weighted by Gasteiger charge is 2.07. The summed E-state index contributed by atoms with van der Waals surface area (Å²) in [5.41, 5.74) is 9.32. The minimum atomic E-state index is 0.356. The fourth-order valence-electron chi connectivity index (χ4n) is 1.93. The molecule has 2 rings (SSSR count). The van der Waals surface area contributed by atoms with Gasteiger partial charge in [-0.25, -0.2) is 4.98 Å². The van der Waals surface area contributed by atoms with E-state index >= 15 is 0 Å². The van der Waals surface area contributed by atoms with Gasteiger partial charge in [0.05, 0.1) is 12.8 Å². The van der Waals surface area contributed by atoms with Gasteiger partial charge in [0.25, 0.3) is 0 Å². The fraction of sp³-hybridized carbons (Fsp3) is 0.200. The van der Waals surface area contributed by atoms with Gasteiger partial charge in [-0.3, -0.25) is 0 Å². The number of thiocarbonyl (C=S) groups is 1. The summed E-state index contributed by atoms with van der Waals surface area (Å²) in [5, 5.41) is 3.25. The van der Waals surface area contributed by atoms with Crippen molar-refractivity contribution in [2.75, 3.05) is 12.4 Å². The minimum absolute atomic E-state index is 0.356. The monoisotopic (exact) mass is 287 g/mol. The molecule has 0 aliphatic rings. The molecule has 0 aliphatic carbocycles. The predicted octanol–water partition coefficient (Wildman–Crippen LogP) is 3.08. The number of anilines is 2. The van der Waals surface area contributed by atoms with E-state index < -0.39 is 0 Å². The molecule has 3 N–H and O–H groups in total. The van der Waals surface area contributed by atoms with Crippen LogP contribution in [0.2, 0.25) is 0 Å². The summed E-state index contributed by atoms with van der Waals surface area (Å²) >= 11 is 5.01. The van der Waals surface area contributed by atoms with Crippen LogP contribution in [0.3, 0.4) is 0 Å². The van der Waals surface area contributed by atoms with Crippen molar-refractivity contribution < 1.29 is 4.74 Å². The van der Waals surface area contributed by atoms with Crippen LogP contribution in [0.1, 0.15) is 16.8 Å². The zero-order valence-corrected chi connectivity index (χ0v) is 12.5. The van der Waals surface area contributed by atoms with Crippen molar-refractivity contribution in [3.05, 3.63) is 47.2 Å². The van der Waals surface area contributed by atoms with Crippen LogP contribution in [0.4, 0.5) is 11.5 Å². The molecule has 0 fully saturated rings. The van der Waals surface area contributed by atoms with E-state index in [0.29, 0.717) is 10.8 Å². The largest absolute Gasteiger partial charge is 0.495 e. The lowest BCUT2D eigenvalue weighted by atomic mass is 10.2. The van der Waals surface area contributed by atoms with Gasteiger partial charge < -0.3 is 15.8 Å². The van der Waals surface area contributed by atoms with Crippen molar-refractivity contribution in [1.82, 2.24) is 4.98 Å². The Morgan fingerprint density at radius 2 is 2.00 bits per heavy atom. The molecule has 0 spiro atoms. The number of nitrogens with two attached hydrogens (primary N) is 1. The Kier molecular flexibility index (Phi) is 4.20. The Hall–Kier alpha value is -2.14. The number of pyridine rings is 1. The van der Waals surface area contributed by atoms with Crippen molar-refractivity contribution in [3.63, 3.8) is 0 Å². The van der Waals surface area contributed by atoms with Crippen molar-refractivity contribution in [1.29, 1.82) is 0 Å². The molecule has 0 amide bonds. The number of nitrogens with zero attached hydrogens (tertiary/aromatic N) is 1. The standard InChI is InChI=1S/C15H17N3OS/c1-9-4-5-13(19-3)12(6-9)18-14-8-11(15(16)20)7-10(2)17-14/h4-8H,1-3H3,(H2,16,20)(H,17,18). The Morgan fingerprint density at radius 3 is 2.65 bits per heavy atom. The second-order valence-corrected chi connectivity index (χ2v) is 5.02. The van der Waals surface area contributed by atoms with Crippen molar-refractivity contribution in [2.45, 2.75) is 13.8 Å². The van der Waals surface area contributed by atoms with Crippen LogP contribution in [0.25, 0.3) is 0 Å². The van der Waals surface area contributed by atoms with Gasteiger partial charge in [-0.15, -0.1) is 0 Å². The van der Waals surface area contributed by atoms with Gasteiger partial charge in [-0.2, -0.15) is 0 Å². The minimum Gasteiger partial charge on any atom is -0.495 e. The fourth-order valence-corrected chi connectivity index (χ4v) is 2.05. The van der Waals surface area contributed by atoms with E-state index in [4.69, 9.17) is 22.7 Å². The van der Waals surface area contributed by atoms with Gasteiger partial charge >= 0.3 is 0 Å². The predicted molar refractivity (Wildman–Crippen MR) is 85.9 cm³/mol. The highest BCUT2D eigenvalue weighted by molar-refractivity contribution is 7.80. The third-order valence-corrected chi connectivity index (χ3v) is 3.09. The molecule has 20 heavy (non-hydrogen) atoms. The summed E-state index contributed by atoms with van der Waals surface area (Å²) in [7, 11) is 1.64. The first kappa shape index (κ1) is 14.3. The number of benzene rings is 1. The van der Waals surface area contributed by atoms with Gasteiger partial charge in [-0.05, 0) is 43.7 Å². The van der Waals surface area contributed by atoms with Crippen LogP contribution in [-0.4, -0.2) is 17.1 Å². The maximum Gasteiger partial charge on any atom is 0.142 e. The number of aryl methyl sites for hydroxylation is 2. The average molecular weight is 287 g/mol. The molecule has 1 aromatic carbocycles. The Balaban J connectivity index is 2.39. The number of aromatic nitrogens is 1. The number of hydrogen-bond acceptors (Lipinski definition) is 4. The number of methoxy groups -OCH3 is 1. The first-order valence-electron chi connectivity index (χ1n) is 6.20. The van der Waals surface area contributed by atoms with E-state index in [9.17, 15) is 0 Å². The summed E-state index contributed by atoms with van der Waals surface area (Å²) in [6, 6.07) is 9.61. The molecule has 0 atom stereocenters. The lowest BCUT2D eigenvalue weighted by Crippen LogP contribution is -2.11. The highest BCUT2D eigenvalue weighted by atomic mass is 32.1. The lowest BCUT2D eigenvalue weighted by Gasteiger charge is -2.12. The van der Waals surface area contributed by atoms with Crippen LogP contribution < -0.4 is 15.8 Å². The third kappa shape index (κ3) is 3.24. The quantitative estimate of drug-likeness (QED) is 0.846. The van der Waals surface area contributed by atoms with Crippen molar-refractivity contribution in [3.8, 4) is 5.75 Å². The van der Waals surface area contributed by atoms with Gasteiger partial charge in [0, 0.05) is 11.3 Å². The molecule has 1 heterocycles. The van der Waals surface area contributed by atoms with Gasteiger partial charge in [-0.1, -0.05) is 18.3 Å². The molecule has 4 nitrogen and oxygen atoms in total. The molecular weight excluding hydrogens is 270 g/mol. The molecule has 1 aromatic heterocycles. The highest BCUT2D eigenvalue weighted by Crippen LogP contribution is 2.28. The third-order valence-electron chi connectivity index (χ3n) is 2.86. The summed E-state index contributed by atoms with van der Waals surface area (Å²) < 4.78 is 5.34. The van der Waals surface area contributed by atoms with Crippen LogP contribution in [-0.2, 0) is 0 Å². The number of ether oxygens (including phenoxy) is 1. The second-order valence-electron chi connectivity index (χ2n) is 4.58. The zero-order valence-electron chi connectivity index (χ0n) is 11.7. The molecule has 5 heteroatoms. The molecule has 2 aromatic rings. The molecule has 0 bridgehead atoms. The smallest absolute Gasteiger partial charge is 0.142 e. The summed E-state index contributed by atoms with van der Waals surface area (Å²) in [5.74, 6) is 1.45. The lowest BCUT2D eigenvalue weighted by molar-refractivity contribution is 0.416. The second kappa shape index (κ2) is 5.88. The molecule has 104 valence electrons. The first-order chi connectivity index (χ1) is 9.49. The van der Waals surface area contributed by atoms with Crippen LogP contribution in [0.15, 0.2) is 30.3 Å². The van der Waals surface area contributed by atoms with Crippen LogP contribution >= 0.6 is 12.2 Å². The average Bonchev–Trinajstić information content (AvgIpc) is 2.38. The Bertz CT molecular complexity index is 656. The van der Waals surface area contributed by atoms with E-state index in [0.717, 1.165) is 28.3 Å². The molecular formula is C15H17N3OS. The van der Waals surface area contributed by atoms with Crippen LogP contribution in [0, 0.1) is 13.8 Å². The van der Waals surface area contributed by atoms with Gasteiger partial charge in [0.15, 0.2) is 0 Å². The maximum atomic E-state index is 5.68. The van der Waals surface area contributed by atoms with Crippen molar-refractivity contribution >= 4 is 28.7 Å². The first-order valence-corrected chi connectivity index (χ1v) is 6.60. The summed E-state index contributed by atoms with van der Waals surface area (Å²) in [6.45, 7) is 3.93. The Labute approximate surface area is 124 Å². The van der Waals surface area contributed by atoms with E-state index in [-0.39, 0.29) is 0 Å². The number of nitrogens with one attached hydrogen (secondary N) is 1. The molecule has 0 aliphatic heterocycles. The number of hydrogen-bond donors (Lipinski definition) is 2. The van der Waals surface area contributed by atoms with Gasteiger partial charge in [0.1, 0.15) is 16.6 Å². The van der Waals surface area contributed by atoms with E-state index in [1.165, 1.54) is 0 Å². The zero-order chi connectivity index (χ0) is 14.7. The molecule has 0 unspecified atom stereocenters. The van der Waals surface area contributed by atoms with Crippen LogP contribution in [0.5, 0.6) is 5.75 Å². The maximum absolute atomic E-state index is 5.68. The van der Waals surface area contributed by atoms with E-state index in [1.54, 1.807) is 7.11 Å². The van der Waals surface area contributed by atoms with E-state index in [1.807, 2.05) is 44.2 Å². The van der Waals surface area contributed by atoms with Gasteiger partial charge in [0.2, 0.25) is 0 Å². The SMILES string of the molecule is COc1ccc(C)cc1Nc1cc(C(N)=S)cc(C)n1. The molecule has 0 saturated heterocycles. The molecule has 0 radical (unpaired) electrons. The van der Waals surface area contributed by atoms with Crippen molar-refractivity contribution in [2.24, 2.45) is 5.73 Å². The summed E-state index contributed by atoms with van der Waals surface area (Å²) in [6.07, 6.45) is 0.